The Morgan fingerprint density at radius 1 is 1.09 bits per heavy atom. The molecule has 0 saturated carbocycles. The molecule has 236 valence electrons. The first-order valence-electron chi connectivity index (χ1n) is 14.3. The zero-order valence-corrected chi connectivity index (χ0v) is 26.9. The van der Waals surface area contributed by atoms with Gasteiger partial charge in [-0.2, -0.15) is 4.31 Å². The number of hydrogen-bond donors (Lipinski definition) is 2. The lowest BCUT2D eigenvalue weighted by molar-refractivity contribution is -0.129. The van der Waals surface area contributed by atoms with Crippen LogP contribution in [0.2, 0.25) is 0 Å². The fourth-order valence-corrected chi connectivity index (χ4v) is 7.00. The van der Waals surface area contributed by atoms with Gasteiger partial charge in [0, 0.05) is 23.7 Å². The van der Waals surface area contributed by atoms with Gasteiger partial charge in [0.15, 0.2) is 6.10 Å². The van der Waals surface area contributed by atoms with E-state index in [1.807, 2.05) is 68.6 Å². The molecular formula is C32H39N3O7S2. The maximum absolute atomic E-state index is 13.7. The highest BCUT2D eigenvalue weighted by molar-refractivity contribution is 7.98. The number of anilines is 1. The number of thioether (sulfide) groups is 1. The van der Waals surface area contributed by atoms with E-state index in [0.29, 0.717) is 11.4 Å². The van der Waals surface area contributed by atoms with Crippen molar-refractivity contribution in [1.29, 1.82) is 0 Å². The molecule has 1 heterocycles. The Labute approximate surface area is 263 Å². The Hall–Kier alpha value is -3.58. The predicted octanol–water partition coefficient (Wildman–Crippen LogP) is 4.18. The highest BCUT2D eigenvalue weighted by Gasteiger charge is 2.39. The van der Waals surface area contributed by atoms with Crippen LogP contribution in [-0.4, -0.2) is 81.1 Å². The number of cyclic esters (lactones) is 1. The molecule has 4 rings (SSSR count). The summed E-state index contributed by atoms with van der Waals surface area (Å²) in [5.41, 5.74) is 1.45. The largest absolute Gasteiger partial charge is 0.497 e. The molecule has 3 aromatic carbocycles. The third-order valence-electron chi connectivity index (χ3n) is 7.22. The molecule has 12 heteroatoms. The van der Waals surface area contributed by atoms with Crippen molar-refractivity contribution in [2.24, 2.45) is 5.92 Å². The van der Waals surface area contributed by atoms with Gasteiger partial charge in [-0.05, 0) is 66.6 Å². The second-order valence-corrected chi connectivity index (χ2v) is 13.8. The van der Waals surface area contributed by atoms with Crippen molar-refractivity contribution >= 4 is 39.5 Å². The van der Waals surface area contributed by atoms with Crippen LogP contribution in [0, 0.1) is 5.92 Å². The number of benzene rings is 3. The quantitative estimate of drug-likeness (QED) is 0.251. The van der Waals surface area contributed by atoms with E-state index < -0.39 is 40.3 Å². The topological polar surface area (TPSA) is 125 Å². The lowest BCUT2D eigenvalue weighted by atomic mass is 10.0. The van der Waals surface area contributed by atoms with Crippen LogP contribution in [-0.2, 0) is 26.0 Å². The van der Waals surface area contributed by atoms with E-state index in [4.69, 9.17) is 9.47 Å². The zero-order valence-electron chi connectivity index (χ0n) is 25.3. The second kappa shape index (κ2) is 14.9. The second-order valence-electron chi connectivity index (χ2n) is 10.9. The van der Waals surface area contributed by atoms with Crippen molar-refractivity contribution < 1.29 is 32.6 Å². The lowest BCUT2D eigenvalue weighted by Crippen LogP contribution is -2.53. The number of methoxy groups -OCH3 is 1. The average molecular weight is 642 g/mol. The Morgan fingerprint density at radius 3 is 2.43 bits per heavy atom. The van der Waals surface area contributed by atoms with Gasteiger partial charge >= 0.3 is 6.09 Å². The SMILES string of the molecule is COc1ccc(S(=O)(=O)N(CC(C)C)C[C@@H](O)[C@H](Cc2ccccc2)NC(=O)[C@@H]2CN(c3cccc(SC)c3)C(=O)O2)cc1. The van der Waals surface area contributed by atoms with Crippen LogP contribution < -0.4 is 15.0 Å². The lowest BCUT2D eigenvalue weighted by Gasteiger charge is -2.31. The summed E-state index contributed by atoms with van der Waals surface area (Å²) in [4.78, 5) is 28.6. The van der Waals surface area contributed by atoms with Crippen LogP contribution in [0.3, 0.4) is 0 Å². The van der Waals surface area contributed by atoms with Gasteiger partial charge in [0.1, 0.15) is 5.75 Å². The highest BCUT2D eigenvalue weighted by atomic mass is 32.2. The number of hydrogen-bond acceptors (Lipinski definition) is 8. The molecule has 2 N–H and O–H groups in total. The van der Waals surface area contributed by atoms with Gasteiger partial charge in [-0.15, -0.1) is 11.8 Å². The van der Waals surface area contributed by atoms with E-state index in [-0.39, 0.29) is 36.9 Å². The molecule has 3 aromatic rings. The Bertz CT molecular complexity index is 1520. The van der Waals surface area contributed by atoms with Crippen LogP contribution in [0.5, 0.6) is 5.75 Å². The summed E-state index contributed by atoms with van der Waals surface area (Å²) in [5, 5.41) is 14.4. The normalized spacial score (nSPS) is 16.6. The molecule has 2 amide bonds. The molecular weight excluding hydrogens is 603 g/mol. The first-order valence-corrected chi connectivity index (χ1v) is 17.0. The first-order chi connectivity index (χ1) is 21.0. The number of sulfonamides is 1. The smallest absolute Gasteiger partial charge is 0.415 e. The third kappa shape index (κ3) is 8.32. The van der Waals surface area contributed by atoms with E-state index >= 15 is 0 Å². The zero-order chi connectivity index (χ0) is 31.9. The summed E-state index contributed by atoms with van der Waals surface area (Å²) in [6, 6.07) is 21.8. The molecule has 0 radical (unpaired) electrons. The fraction of sp³-hybridized carbons (Fsp3) is 0.375. The number of ether oxygens (including phenoxy) is 2. The van der Waals surface area contributed by atoms with E-state index in [1.165, 1.54) is 40.2 Å². The molecule has 0 bridgehead atoms. The molecule has 0 aliphatic carbocycles. The number of aliphatic hydroxyl groups excluding tert-OH is 1. The minimum atomic E-state index is -3.99. The van der Waals surface area contributed by atoms with E-state index in [0.717, 1.165) is 10.5 Å². The molecule has 1 fully saturated rings. The van der Waals surface area contributed by atoms with Crippen molar-refractivity contribution in [3.8, 4) is 5.75 Å². The average Bonchev–Trinajstić information content (AvgIpc) is 3.42. The minimum absolute atomic E-state index is 0.00196. The minimum Gasteiger partial charge on any atom is -0.497 e. The molecule has 1 saturated heterocycles. The summed E-state index contributed by atoms with van der Waals surface area (Å²) >= 11 is 1.53. The number of aliphatic hydroxyl groups is 1. The Balaban J connectivity index is 1.54. The highest BCUT2D eigenvalue weighted by Crippen LogP contribution is 2.27. The number of amides is 2. The monoisotopic (exact) mass is 641 g/mol. The van der Waals surface area contributed by atoms with Crippen LogP contribution in [0.4, 0.5) is 10.5 Å². The van der Waals surface area contributed by atoms with Crippen molar-refractivity contribution in [3.63, 3.8) is 0 Å². The van der Waals surface area contributed by atoms with Crippen molar-refractivity contribution in [2.75, 3.05) is 37.9 Å². The standard InChI is InChI=1S/C32H39N3O7S2/c1-22(2)19-34(44(39,40)27-15-13-25(41-3)14-16-27)20-29(36)28(17-23-9-6-5-7-10-23)33-31(37)30-21-35(32(38)42-30)24-11-8-12-26(18-24)43-4/h5-16,18,22,28-30,36H,17,19-21H2,1-4H3,(H,33,37)/t28-,29+,30-/m0/s1. The van der Waals surface area contributed by atoms with Gasteiger partial charge in [-0.1, -0.05) is 50.2 Å². The third-order valence-corrected chi connectivity index (χ3v) is 9.79. The van der Waals surface area contributed by atoms with Crippen LogP contribution in [0.1, 0.15) is 19.4 Å². The molecule has 0 spiro atoms. The van der Waals surface area contributed by atoms with Crippen LogP contribution in [0.15, 0.2) is 88.7 Å². The summed E-state index contributed by atoms with van der Waals surface area (Å²) in [7, 11) is -2.49. The van der Waals surface area contributed by atoms with Crippen molar-refractivity contribution in [2.45, 2.75) is 48.3 Å². The van der Waals surface area contributed by atoms with Gasteiger partial charge in [0.05, 0.1) is 30.7 Å². The Morgan fingerprint density at radius 2 is 1.80 bits per heavy atom. The number of carbonyl (C=O) groups is 2. The van der Waals surface area contributed by atoms with E-state index in [9.17, 15) is 23.1 Å². The fourth-order valence-electron chi connectivity index (χ4n) is 4.93. The maximum atomic E-state index is 13.7. The first kappa shape index (κ1) is 33.3. The van der Waals surface area contributed by atoms with E-state index in [2.05, 4.69) is 5.32 Å². The van der Waals surface area contributed by atoms with E-state index in [1.54, 1.807) is 18.2 Å². The van der Waals surface area contributed by atoms with Crippen molar-refractivity contribution in [1.82, 2.24) is 9.62 Å². The predicted molar refractivity (Wildman–Crippen MR) is 171 cm³/mol. The summed E-state index contributed by atoms with van der Waals surface area (Å²) < 4.78 is 39.2. The molecule has 0 unspecified atom stereocenters. The van der Waals surface area contributed by atoms with Gasteiger partial charge < -0.3 is 19.9 Å². The summed E-state index contributed by atoms with van der Waals surface area (Å²) in [6.07, 6.45) is -0.873. The van der Waals surface area contributed by atoms with Gasteiger partial charge in [-0.3, -0.25) is 9.69 Å². The molecule has 10 nitrogen and oxygen atoms in total. The van der Waals surface area contributed by atoms with Crippen molar-refractivity contribution in [3.05, 3.63) is 84.4 Å². The van der Waals surface area contributed by atoms with Crippen LogP contribution >= 0.6 is 11.8 Å². The Kier molecular flexibility index (Phi) is 11.3. The number of nitrogens with one attached hydrogen (secondary N) is 1. The molecule has 0 aromatic heterocycles. The molecule has 44 heavy (non-hydrogen) atoms. The summed E-state index contributed by atoms with van der Waals surface area (Å²) in [6.45, 7) is 3.68. The maximum Gasteiger partial charge on any atom is 0.415 e. The molecule has 1 aliphatic rings. The number of carbonyl (C=O) groups excluding carboxylic acids is 2. The van der Waals surface area contributed by atoms with Crippen LogP contribution in [0.25, 0.3) is 0 Å². The summed E-state index contributed by atoms with van der Waals surface area (Å²) in [5.74, 6) is -0.0886. The number of nitrogens with zero attached hydrogens (tertiary/aromatic N) is 2. The number of rotatable bonds is 14. The van der Waals surface area contributed by atoms with Gasteiger partial charge in [0.2, 0.25) is 10.0 Å². The molecule has 1 aliphatic heterocycles. The van der Waals surface area contributed by atoms with Gasteiger partial charge in [0.25, 0.3) is 5.91 Å². The van der Waals surface area contributed by atoms with Gasteiger partial charge in [-0.25, -0.2) is 13.2 Å². The molecule has 3 atom stereocenters.